The summed E-state index contributed by atoms with van der Waals surface area (Å²) in [6, 6.07) is 6.80. The number of piperidine rings is 1. The van der Waals surface area contributed by atoms with E-state index in [4.69, 9.17) is 25.8 Å². The Kier molecular flexibility index (Phi) is 10.6. The lowest BCUT2D eigenvalue weighted by atomic mass is 10.0. The fourth-order valence-corrected chi connectivity index (χ4v) is 4.92. The fraction of sp³-hybridized carbons (Fsp3) is 0.560. The third-order valence-electron chi connectivity index (χ3n) is 6.41. The smallest absolute Gasteiger partial charge is 0.404 e. The van der Waals surface area contributed by atoms with Crippen molar-refractivity contribution in [2.24, 2.45) is 0 Å². The van der Waals surface area contributed by atoms with Gasteiger partial charge in [0.15, 0.2) is 12.0 Å². The van der Waals surface area contributed by atoms with Crippen molar-refractivity contribution in [1.29, 1.82) is 0 Å². The third-order valence-corrected chi connectivity index (χ3v) is 6.78. The summed E-state index contributed by atoms with van der Waals surface area (Å²) in [7, 11) is 4.60. The highest BCUT2D eigenvalue weighted by atomic mass is 35.5. The number of ether oxygens (including phenoxy) is 3. The number of carboxylic acid groups (broad SMARTS) is 1. The van der Waals surface area contributed by atoms with E-state index in [1.807, 2.05) is 25.1 Å². The van der Waals surface area contributed by atoms with Crippen LogP contribution in [0.15, 0.2) is 24.3 Å². The Labute approximate surface area is 222 Å². The van der Waals surface area contributed by atoms with Crippen LogP contribution in [0.25, 0.3) is 0 Å². The molecule has 1 aliphatic rings. The first kappa shape index (κ1) is 28.7. The molecule has 0 bridgehead atoms. The summed E-state index contributed by atoms with van der Waals surface area (Å²) >= 11 is 6.50. The normalized spacial score (nSPS) is 16.6. The van der Waals surface area contributed by atoms with Crippen LogP contribution in [0.4, 0.5) is 10.6 Å². The van der Waals surface area contributed by atoms with Gasteiger partial charge in [-0.2, -0.15) is 5.10 Å². The van der Waals surface area contributed by atoms with E-state index >= 15 is 0 Å². The number of hydrogen-bond acceptors (Lipinski definition) is 7. The Bertz CT molecular complexity index is 1060. The molecule has 1 aliphatic heterocycles. The number of rotatable bonds is 12. The molecule has 12 heteroatoms. The summed E-state index contributed by atoms with van der Waals surface area (Å²) in [5.41, 5.74) is 1.76. The molecule has 3 rings (SSSR count). The van der Waals surface area contributed by atoms with Gasteiger partial charge < -0.3 is 34.9 Å². The summed E-state index contributed by atoms with van der Waals surface area (Å²) in [6.07, 6.45) is 0.748. The van der Waals surface area contributed by atoms with Crippen molar-refractivity contribution in [3.63, 3.8) is 0 Å². The van der Waals surface area contributed by atoms with Gasteiger partial charge in [-0.15, -0.1) is 0 Å². The Hall–Kier alpha value is -2.86. The first-order valence-corrected chi connectivity index (χ1v) is 12.6. The van der Waals surface area contributed by atoms with Crippen molar-refractivity contribution >= 4 is 29.4 Å². The molecule has 3 N–H and O–H groups in total. The van der Waals surface area contributed by atoms with Crippen molar-refractivity contribution in [2.75, 3.05) is 39.3 Å². The lowest BCUT2D eigenvalue weighted by molar-refractivity contribution is -0.121. The van der Waals surface area contributed by atoms with E-state index in [1.54, 1.807) is 17.9 Å². The molecule has 2 amide bonds. The number of hydrogen-bond donors (Lipinski definition) is 3. The molecular formula is C25H36ClN5O6. The molecule has 2 atom stereocenters. The van der Waals surface area contributed by atoms with E-state index in [1.165, 1.54) is 14.2 Å². The van der Waals surface area contributed by atoms with Gasteiger partial charge in [0.1, 0.15) is 12.5 Å². The van der Waals surface area contributed by atoms with Crippen molar-refractivity contribution in [3.8, 4) is 0 Å². The lowest BCUT2D eigenvalue weighted by Crippen LogP contribution is -2.48. The van der Waals surface area contributed by atoms with Gasteiger partial charge in [0.05, 0.1) is 6.04 Å². The van der Waals surface area contributed by atoms with E-state index in [-0.39, 0.29) is 24.4 Å². The monoisotopic (exact) mass is 537 g/mol. The van der Waals surface area contributed by atoms with E-state index in [0.29, 0.717) is 42.3 Å². The van der Waals surface area contributed by atoms with Crippen LogP contribution >= 0.6 is 11.6 Å². The number of benzene rings is 1. The van der Waals surface area contributed by atoms with Gasteiger partial charge in [-0.25, -0.2) is 9.48 Å². The van der Waals surface area contributed by atoms with Crippen LogP contribution in [0.1, 0.15) is 47.8 Å². The second-order valence-electron chi connectivity index (χ2n) is 8.90. The second-order valence-corrected chi connectivity index (χ2v) is 9.31. The number of nitrogens with one attached hydrogen (secondary N) is 2. The highest BCUT2D eigenvalue weighted by molar-refractivity contribution is 6.31. The molecule has 0 spiro atoms. The Morgan fingerprint density at radius 2 is 1.97 bits per heavy atom. The Balaban J connectivity index is 2.07. The zero-order chi connectivity index (χ0) is 26.9. The maximum absolute atomic E-state index is 13.6. The minimum atomic E-state index is -1.06. The summed E-state index contributed by atoms with van der Waals surface area (Å²) in [5, 5.41) is 20.1. The highest BCUT2D eigenvalue weighted by Crippen LogP contribution is 2.31. The topological polar surface area (TPSA) is 127 Å². The maximum Gasteiger partial charge on any atom is 0.404 e. The van der Waals surface area contributed by atoms with Gasteiger partial charge in [0, 0.05) is 57.5 Å². The first-order chi connectivity index (χ1) is 17.8. The molecule has 0 aliphatic carbocycles. The lowest BCUT2D eigenvalue weighted by Gasteiger charge is -2.35. The Morgan fingerprint density at radius 1 is 1.24 bits per heavy atom. The highest BCUT2D eigenvalue weighted by Gasteiger charge is 2.32. The predicted molar refractivity (Wildman–Crippen MR) is 139 cm³/mol. The zero-order valence-corrected chi connectivity index (χ0v) is 22.5. The average Bonchev–Trinajstić information content (AvgIpc) is 3.23. The van der Waals surface area contributed by atoms with Crippen LogP contribution in [-0.2, 0) is 27.4 Å². The molecule has 0 saturated carbocycles. The van der Waals surface area contributed by atoms with Gasteiger partial charge in [-0.1, -0.05) is 36.7 Å². The minimum absolute atomic E-state index is 0.113. The largest absolute Gasteiger partial charge is 0.465 e. The summed E-state index contributed by atoms with van der Waals surface area (Å²) in [6.45, 7) is 3.16. The standard InChI is InChI=1S/C25H36ClN5O6/c1-5-20(24(36-3)37-4)28-22(32)21-18(13-16-9-6-7-11-19(16)26)23(31(29-21)15-35-2)30-12-8-10-17(14-30)27-25(33)34/h6-7,9,11,17,20,24,27H,5,8,10,12-15H2,1-4H3,(H,28,32)(H,33,34)/t17-,20?/m1/s1. The molecule has 1 fully saturated rings. The molecule has 37 heavy (non-hydrogen) atoms. The summed E-state index contributed by atoms with van der Waals surface area (Å²) in [5.74, 6) is 0.327. The third kappa shape index (κ3) is 7.13. The summed E-state index contributed by atoms with van der Waals surface area (Å²) < 4.78 is 17.8. The van der Waals surface area contributed by atoms with Crippen LogP contribution in [0, 0.1) is 0 Å². The van der Waals surface area contributed by atoms with Crippen LogP contribution in [0.2, 0.25) is 5.02 Å². The van der Waals surface area contributed by atoms with Crippen molar-refractivity contribution in [3.05, 3.63) is 46.1 Å². The van der Waals surface area contributed by atoms with Gasteiger partial charge in [-0.05, 0) is 30.9 Å². The molecule has 11 nitrogen and oxygen atoms in total. The Morgan fingerprint density at radius 3 is 2.59 bits per heavy atom. The molecule has 2 heterocycles. The van der Waals surface area contributed by atoms with Crippen LogP contribution in [-0.4, -0.2) is 79.7 Å². The van der Waals surface area contributed by atoms with Crippen LogP contribution in [0.5, 0.6) is 0 Å². The van der Waals surface area contributed by atoms with Crippen LogP contribution < -0.4 is 15.5 Å². The number of nitrogens with zero attached hydrogens (tertiary/aromatic N) is 3. The number of aromatic nitrogens is 2. The quantitative estimate of drug-likeness (QED) is 0.352. The SMILES string of the molecule is CCC(NC(=O)c1nn(COC)c(N2CCC[C@@H](NC(=O)O)C2)c1Cc1ccccc1Cl)C(OC)OC. The molecular weight excluding hydrogens is 502 g/mol. The number of halogens is 1. The molecule has 2 aromatic rings. The first-order valence-electron chi connectivity index (χ1n) is 12.3. The van der Waals surface area contributed by atoms with Gasteiger partial charge >= 0.3 is 6.09 Å². The van der Waals surface area contributed by atoms with Crippen molar-refractivity contribution in [2.45, 2.75) is 57.7 Å². The number of anilines is 1. The second kappa shape index (κ2) is 13.6. The van der Waals surface area contributed by atoms with Gasteiger partial charge in [0.2, 0.25) is 0 Å². The van der Waals surface area contributed by atoms with E-state index < -0.39 is 18.4 Å². The number of carbonyl (C=O) groups excluding carboxylic acids is 1. The van der Waals surface area contributed by atoms with Gasteiger partial charge in [0.25, 0.3) is 5.91 Å². The molecule has 204 valence electrons. The van der Waals surface area contributed by atoms with E-state index in [9.17, 15) is 14.7 Å². The average molecular weight is 538 g/mol. The number of amides is 2. The molecule has 0 radical (unpaired) electrons. The molecule has 1 aromatic carbocycles. The molecule has 1 aromatic heterocycles. The molecule has 1 saturated heterocycles. The molecule has 1 unspecified atom stereocenters. The summed E-state index contributed by atoms with van der Waals surface area (Å²) in [4.78, 5) is 27.0. The van der Waals surface area contributed by atoms with Crippen LogP contribution in [0.3, 0.4) is 0 Å². The van der Waals surface area contributed by atoms with Crippen molar-refractivity contribution < 1.29 is 28.9 Å². The fourth-order valence-electron chi connectivity index (χ4n) is 4.72. The minimum Gasteiger partial charge on any atom is -0.465 e. The number of carbonyl (C=O) groups is 2. The number of methoxy groups -OCH3 is 3. The predicted octanol–water partition coefficient (Wildman–Crippen LogP) is 3.09. The van der Waals surface area contributed by atoms with Crippen molar-refractivity contribution in [1.82, 2.24) is 20.4 Å². The van der Waals surface area contributed by atoms with E-state index in [2.05, 4.69) is 20.6 Å². The van der Waals surface area contributed by atoms with E-state index in [0.717, 1.165) is 18.4 Å². The maximum atomic E-state index is 13.6. The van der Waals surface area contributed by atoms with Gasteiger partial charge in [-0.3, -0.25) is 4.79 Å². The zero-order valence-electron chi connectivity index (χ0n) is 21.7.